The number of nitrogens with one attached hydrogen (secondary N) is 2. The predicted octanol–water partition coefficient (Wildman–Crippen LogP) is 2.21. The molecule has 1 aromatic rings. The van der Waals surface area contributed by atoms with Gasteiger partial charge in [-0.15, -0.1) is 0 Å². The zero-order valence-electron chi connectivity index (χ0n) is 10.8. The summed E-state index contributed by atoms with van der Waals surface area (Å²) < 4.78 is 0. The van der Waals surface area contributed by atoms with Crippen LogP contribution in [0.15, 0.2) is 18.3 Å². The van der Waals surface area contributed by atoms with Gasteiger partial charge in [0.2, 0.25) is 0 Å². The molecule has 2 N–H and O–H groups in total. The van der Waals surface area contributed by atoms with E-state index in [1.165, 1.54) is 19.3 Å². The average Bonchev–Trinajstić information content (AvgIpc) is 2.40. The van der Waals surface area contributed by atoms with Crippen LogP contribution in [-0.2, 0) is 0 Å². The van der Waals surface area contributed by atoms with Gasteiger partial charge in [0, 0.05) is 25.8 Å². The van der Waals surface area contributed by atoms with Crippen LogP contribution in [0.25, 0.3) is 0 Å². The SMILES string of the molecule is CCNC(=O)Nc1cccnc1N1CCCCC1. The Hall–Kier alpha value is -1.78. The molecule has 1 aromatic heterocycles. The van der Waals surface area contributed by atoms with Crippen molar-refractivity contribution in [3.63, 3.8) is 0 Å². The van der Waals surface area contributed by atoms with Crippen LogP contribution in [0.1, 0.15) is 26.2 Å². The zero-order chi connectivity index (χ0) is 12.8. The minimum absolute atomic E-state index is 0.177. The van der Waals surface area contributed by atoms with Crippen molar-refractivity contribution in [3.05, 3.63) is 18.3 Å². The first-order valence-corrected chi connectivity index (χ1v) is 6.56. The Balaban J connectivity index is 2.11. The number of carbonyl (C=O) groups excluding carboxylic acids is 1. The Morgan fingerprint density at radius 1 is 1.39 bits per heavy atom. The van der Waals surface area contributed by atoms with Crippen molar-refractivity contribution in [3.8, 4) is 0 Å². The standard InChI is InChI=1S/C13H20N4O/c1-2-14-13(18)16-11-7-6-8-15-12(11)17-9-4-3-5-10-17/h6-8H,2-5,9-10H2,1H3,(H2,14,16,18). The quantitative estimate of drug-likeness (QED) is 0.862. The maximum Gasteiger partial charge on any atom is 0.319 e. The van der Waals surface area contributed by atoms with Gasteiger partial charge in [-0.25, -0.2) is 9.78 Å². The van der Waals surface area contributed by atoms with Crippen molar-refractivity contribution >= 4 is 17.5 Å². The van der Waals surface area contributed by atoms with E-state index in [1.807, 2.05) is 19.1 Å². The fourth-order valence-electron chi connectivity index (χ4n) is 2.18. The van der Waals surface area contributed by atoms with Crippen molar-refractivity contribution in [2.75, 3.05) is 29.9 Å². The number of hydrogen-bond donors (Lipinski definition) is 2. The number of rotatable bonds is 3. The third-order valence-electron chi connectivity index (χ3n) is 3.03. The molecule has 5 heteroatoms. The third kappa shape index (κ3) is 3.12. The van der Waals surface area contributed by atoms with E-state index in [-0.39, 0.29) is 6.03 Å². The van der Waals surface area contributed by atoms with E-state index in [0.717, 1.165) is 24.6 Å². The highest BCUT2D eigenvalue weighted by molar-refractivity contribution is 5.92. The number of nitrogens with zero attached hydrogens (tertiary/aromatic N) is 2. The highest BCUT2D eigenvalue weighted by Gasteiger charge is 2.16. The normalized spacial score (nSPS) is 15.3. The number of anilines is 2. The molecular weight excluding hydrogens is 228 g/mol. The lowest BCUT2D eigenvalue weighted by Crippen LogP contribution is -2.33. The monoisotopic (exact) mass is 248 g/mol. The molecule has 1 aliphatic heterocycles. The number of pyridine rings is 1. The lowest BCUT2D eigenvalue weighted by Gasteiger charge is -2.29. The van der Waals surface area contributed by atoms with Gasteiger partial charge >= 0.3 is 6.03 Å². The van der Waals surface area contributed by atoms with Gasteiger partial charge in [-0.3, -0.25) is 0 Å². The number of hydrogen-bond acceptors (Lipinski definition) is 3. The van der Waals surface area contributed by atoms with Crippen LogP contribution in [0.3, 0.4) is 0 Å². The van der Waals surface area contributed by atoms with E-state index >= 15 is 0 Å². The Bertz CT molecular complexity index is 402. The van der Waals surface area contributed by atoms with Gasteiger partial charge in [-0.1, -0.05) is 0 Å². The molecule has 5 nitrogen and oxygen atoms in total. The second-order valence-electron chi connectivity index (χ2n) is 4.41. The Morgan fingerprint density at radius 3 is 2.89 bits per heavy atom. The molecule has 1 aliphatic rings. The maximum atomic E-state index is 11.6. The van der Waals surface area contributed by atoms with Gasteiger partial charge in [0.25, 0.3) is 0 Å². The van der Waals surface area contributed by atoms with Crippen molar-refractivity contribution in [1.82, 2.24) is 10.3 Å². The van der Waals surface area contributed by atoms with E-state index in [0.29, 0.717) is 6.54 Å². The van der Waals surface area contributed by atoms with Gasteiger partial charge in [-0.2, -0.15) is 0 Å². The molecule has 98 valence electrons. The van der Waals surface area contributed by atoms with E-state index in [9.17, 15) is 4.79 Å². The minimum atomic E-state index is -0.177. The molecule has 0 radical (unpaired) electrons. The summed E-state index contributed by atoms with van der Waals surface area (Å²) in [6.45, 7) is 4.54. The summed E-state index contributed by atoms with van der Waals surface area (Å²) in [6, 6.07) is 3.56. The highest BCUT2D eigenvalue weighted by atomic mass is 16.2. The number of urea groups is 1. The second kappa shape index (κ2) is 6.23. The summed E-state index contributed by atoms with van der Waals surface area (Å²) in [5.74, 6) is 0.878. The maximum absolute atomic E-state index is 11.6. The first-order chi connectivity index (χ1) is 8.81. The fourth-order valence-corrected chi connectivity index (χ4v) is 2.18. The number of aromatic nitrogens is 1. The topological polar surface area (TPSA) is 57.3 Å². The predicted molar refractivity (Wildman–Crippen MR) is 73.0 cm³/mol. The molecular formula is C13H20N4O. The zero-order valence-corrected chi connectivity index (χ0v) is 10.8. The van der Waals surface area contributed by atoms with Crippen molar-refractivity contribution in [2.45, 2.75) is 26.2 Å². The molecule has 0 bridgehead atoms. The van der Waals surface area contributed by atoms with Crippen LogP contribution >= 0.6 is 0 Å². The van der Waals surface area contributed by atoms with Crippen LogP contribution in [0, 0.1) is 0 Å². The van der Waals surface area contributed by atoms with Crippen LogP contribution < -0.4 is 15.5 Å². The smallest absolute Gasteiger partial charge is 0.319 e. The largest absolute Gasteiger partial charge is 0.355 e. The van der Waals surface area contributed by atoms with Crippen LogP contribution in [-0.4, -0.2) is 30.6 Å². The third-order valence-corrected chi connectivity index (χ3v) is 3.03. The molecule has 1 fully saturated rings. The van der Waals surface area contributed by atoms with E-state index < -0.39 is 0 Å². The van der Waals surface area contributed by atoms with Gasteiger partial charge in [0.05, 0.1) is 5.69 Å². The fraction of sp³-hybridized carbons (Fsp3) is 0.538. The molecule has 2 heterocycles. The number of amides is 2. The van der Waals surface area contributed by atoms with Crippen LogP contribution in [0.5, 0.6) is 0 Å². The van der Waals surface area contributed by atoms with Gasteiger partial charge < -0.3 is 15.5 Å². The summed E-state index contributed by atoms with van der Waals surface area (Å²) >= 11 is 0. The Kier molecular flexibility index (Phi) is 4.39. The summed E-state index contributed by atoms with van der Waals surface area (Å²) in [5, 5.41) is 5.58. The highest BCUT2D eigenvalue weighted by Crippen LogP contribution is 2.25. The average molecular weight is 248 g/mol. The molecule has 0 saturated carbocycles. The lowest BCUT2D eigenvalue weighted by molar-refractivity contribution is 0.252. The van der Waals surface area contributed by atoms with Gasteiger partial charge in [0.1, 0.15) is 0 Å². The molecule has 18 heavy (non-hydrogen) atoms. The molecule has 2 rings (SSSR count). The summed E-state index contributed by atoms with van der Waals surface area (Å²) in [4.78, 5) is 18.2. The van der Waals surface area contributed by atoms with E-state index in [1.54, 1.807) is 6.20 Å². The van der Waals surface area contributed by atoms with Gasteiger partial charge in [-0.05, 0) is 38.3 Å². The molecule has 0 atom stereocenters. The summed E-state index contributed by atoms with van der Waals surface area (Å²) in [7, 11) is 0. The Morgan fingerprint density at radius 2 is 2.17 bits per heavy atom. The first-order valence-electron chi connectivity index (χ1n) is 6.56. The summed E-state index contributed by atoms with van der Waals surface area (Å²) in [6.07, 6.45) is 5.43. The molecule has 2 amide bonds. The molecule has 0 aromatic carbocycles. The number of piperidine rings is 1. The lowest BCUT2D eigenvalue weighted by atomic mass is 10.1. The van der Waals surface area contributed by atoms with Crippen molar-refractivity contribution in [1.29, 1.82) is 0 Å². The molecule has 0 spiro atoms. The summed E-state index contributed by atoms with van der Waals surface area (Å²) in [5.41, 5.74) is 0.783. The minimum Gasteiger partial charge on any atom is -0.355 e. The van der Waals surface area contributed by atoms with Crippen LogP contribution in [0.2, 0.25) is 0 Å². The van der Waals surface area contributed by atoms with Gasteiger partial charge in [0.15, 0.2) is 5.82 Å². The van der Waals surface area contributed by atoms with Crippen LogP contribution in [0.4, 0.5) is 16.3 Å². The molecule has 0 unspecified atom stereocenters. The Labute approximate surface area is 108 Å². The van der Waals surface area contributed by atoms with E-state index in [4.69, 9.17) is 0 Å². The molecule has 0 aliphatic carbocycles. The first kappa shape index (κ1) is 12.7. The van der Waals surface area contributed by atoms with E-state index in [2.05, 4.69) is 20.5 Å². The number of carbonyl (C=O) groups is 1. The molecule has 1 saturated heterocycles. The second-order valence-corrected chi connectivity index (χ2v) is 4.41. The van der Waals surface area contributed by atoms with Crippen molar-refractivity contribution in [2.24, 2.45) is 0 Å². The van der Waals surface area contributed by atoms with Crippen molar-refractivity contribution < 1.29 is 4.79 Å².